The number of aliphatic hydroxyl groups is 1. The van der Waals surface area contributed by atoms with E-state index in [0.29, 0.717) is 30.0 Å². The second kappa shape index (κ2) is 9.69. The van der Waals surface area contributed by atoms with Gasteiger partial charge in [0.15, 0.2) is 0 Å². The zero-order valence-electron chi connectivity index (χ0n) is 24.5. The minimum absolute atomic E-state index is 0.0520. The van der Waals surface area contributed by atoms with Gasteiger partial charge in [-0.2, -0.15) is 0 Å². The summed E-state index contributed by atoms with van der Waals surface area (Å²) >= 11 is 0. The van der Waals surface area contributed by atoms with E-state index in [1.165, 1.54) is 39.0 Å². The molecule has 0 bridgehead atoms. The fourth-order valence-corrected chi connectivity index (χ4v) is 10.6. The maximum absolute atomic E-state index is 14.3. The molecule has 0 heterocycles. The lowest BCUT2D eigenvalue weighted by atomic mass is 9.37. The van der Waals surface area contributed by atoms with Crippen LogP contribution in [0.3, 0.4) is 0 Å². The van der Waals surface area contributed by atoms with E-state index >= 15 is 0 Å². The van der Waals surface area contributed by atoms with E-state index in [-0.39, 0.29) is 52.2 Å². The standard InChI is InChI=1S/C32H54O4/c1-20(2)10-9-11-21(3)23-14-16-30(7)24-12-13-26-29(5,6)27(36-22(4)34)15-17-32(26,19-33)28(24)25(35)18-31(23,30)8/h20-21,23-24,26-28,33H,9-19H2,1-8H3/t21-,23-,24-,26+,27?,28-,30+,31-,32-/m1/s1. The van der Waals surface area contributed by atoms with Crippen LogP contribution in [0.25, 0.3) is 0 Å². The summed E-state index contributed by atoms with van der Waals surface area (Å²) in [6.07, 6.45) is 10.4. The normalized spacial score (nSPS) is 44.5. The van der Waals surface area contributed by atoms with Crippen molar-refractivity contribution >= 4 is 11.8 Å². The molecule has 206 valence electrons. The van der Waals surface area contributed by atoms with Crippen LogP contribution in [0, 0.1) is 57.2 Å². The largest absolute Gasteiger partial charge is 0.462 e. The fourth-order valence-electron chi connectivity index (χ4n) is 10.6. The van der Waals surface area contributed by atoms with Gasteiger partial charge in [0.2, 0.25) is 0 Å². The van der Waals surface area contributed by atoms with Crippen molar-refractivity contribution < 1.29 is 19.4 Å². The molecular weight excluding hydrogens is 448 g/mol. The van der Waals surface area contributed by atoms with E-state index in [2.05, 4.69) is 48.5 Å². The van der Waals surface area contributed by atoms with Gasteiger partial charge >= 0.3 is 5.97 Å². The Morgan fingerprint density at radius 3 is 2.31 bits per heavy atom. The van der Waals surface area contributed by atoms with E-state index in [0.717, 1.165) is 31.6 Å². The van der Waals surface area contributed by atoms with Crippen molar-refractivity contribution in [3.05, 3.63) is 0 Å². The Morgan fingerprint density at radius 2 is 1.69 bits per heavy atom. The van der Waals surface area contributed by atoms with Crippen molar-refractivity contribution in [2.24, 2.45) is 57.2 Å². The summed E-state index contributed by atoms with van der Waals surface area (Å²) in [7, 11) is 0. The van der Waals surface area contributed by atoms with Gasteiger partial charge in [-0.3, -0.25) is 9.59 Å². The molecule has 0 radical (unpaired) electrons. The second-order valence-corrected chi connectivity index (χ2v) is 15.0. The van der Waals surface area contributed by atoms with E-state index in [1.807, 2.05) is 0 Å². The Morgan fingerprint density at radius 1 is 1.00 bits per heavy atom. The topological polar surface area (TPSA) is 63.6 Å². The van der Waals surface area contributed by atoms with Gasteiger partial charge < -0.3 is 9.84 Å². The van der Waals surface area contributed by atoms with Gasteiger partial charge in [0.1, 0.15) is 11.9 Å². The molecule has 0 saturated heterocycles. The highest BCUT2D eigenvalue weighted by Crippen LogP contribution is 2.74. The van der Waals surface area contributed by atoms with Crippen LogP contribution in [0.5, 0.6) is 0 Å². The average molecular weight is 503 g/mol. The molecule has 0 aromatic heterocycles. The molecule has 4 rings (SSSR count). The molecule has 0 aromatic rings. The number of esters is 1. The Kier molecular flexibility index (Phi) is 7.57. The molecule has 4 aliphatic rings. The Labute approximate surface area is 220 Å². The van der Waals surface area contributed by atoms with Gasteiger partial charge in [0, 0.05) is 36.7 Å². The summed E-state index contributed by atoms with van der Waals surface area (Å²) in [5.41, 5.74) is -0.433. The van der Waals surface area contributed by atoms with Crippen LogP contribution < -0.4 is 0 Å². The molecule has 1 N–H and O–H groups in total. The number of carbonyl (C=O) groups excluding carboxylic acids is 2. The second-order valence-electron chi connectivity index (χ2n) is 15.0. The number of rotatable bonds is 7. The lowest BCUT2D eigenvalue weighted by molar-refractivity contribution is -0.220. The molecule has 0 aromatic carbocycles. The highest BCUT2D eigenvalue weighted by molar-refractivity contribution is 5.84. The van der Waals surface area contributed by atoms with Crippen molar-refractivity contribution in [1.82, 2.24) is 0 Å². The number of hydrogen-bond acceptors (Lipinski definition) is 4. The van der Waals surface area contributed by atoms with Gasteiger partial charge in [0.05, 0.1) is 0 Å². The quantitative estimate of drug-likeness (QED) is 0.373. The Balaban J connectivity index is 1.63. The van der Waals surface area contributed by atoms with Crippen molar-refractivity contribution in [3.63, 3.8) is 0 Å². The SMILES string of the molecule is CC(=O)OC1CC[C@]2(CO)[C@H]3C(=O)C[C@]4(C)[C@@H]([C@H](C)CCCC(C)C)CC[C@@]4(C)[C@@H]3CC[C@H]2C1(C)C. The van der Waals surface area contributed by atoms with E-state index < -0.39 is 0 Å². The molecule has 0 aliphatic heterocycles. The first-order valence-electron chi connectivity index (χ1n) is 15.1. The van der Waals surface area contributed by atoms with Gasteiger partial charge in [-0.25, -0.2) is 0 Å². The number of Topliss-reactive ketones (excluding diaryl/α,β-unsaturated/α-hetero) is 1. The number of ketones is 1. The van der Waals surface area contributed by atoms with Crippen LogP contribution in [0.1, 0.15) is 120 Å². The number of aliphatic hydroxyl groups excluding tert-OH is 1. The van der Waals surface area contributed by atoms with Crippen molar-refractivity contribution in [2.45, 2.75) is 126 Å². The smallest absolute Gasteiger partial charge is 0.302 e. The van der Waals surface area contributed by atoms with Crippen LogP contribution in [0.4, 0.5) is 0 Å². The van der Waals surface area contributed by atoms with Crippen LogP contribution >= 0.6 is 0 Å². The predicted octanol–water partition coefficient (Wildman–Crippen LogP) is 7.22. The maximum Gasteiger partial charge on any atom is 0.302 e. The third-order valence-corrected chi connectivity index (χ3v) is 12.6. The zero-order valence-corrected chi connectivity index (χ0v) is 24.5. The maximum atomic E-state index is 14.3. The third kappa shape index (κ3) is 4.11. The highest BCUT2D eigenvalue weighted by atomic mass is 16.5. The van der Waals surface area contributed by atoms with Crippen molar-refractivity contribution in [2.75, 3.05) is 6.61 Å². The summed E-state index contributed by atoms with van der Waals surface area (Å²) in [6.45, 7) is 18.0. The first-order valence-corrected chi connectivity index (χ1v) is 15.1. The lowest BCUT2D eigenvalue weighted by Gasteiger charge is -2.67. The van der Waals surface area contributed by atoms with E-state index in [4.69, 9.17) is 4.74 Å². The lowest BCUT2D eigenvalue weighted by Crippen LogP contribution is -2.66. The summed E-state index contributed by atoms with van der Waals surface area (Å²) in [4.78, 5) is 26.1. The van der Waals surface area contributed by atoms with Crippen LogP contribution in [0.2, 0.25) is 0 Å². The minimum atomic E-state index is -0.383. The zero-order chi connectivity index (χ0) is 26.7. The Bertz CT molecular complexity index is 847. The summed E-state index contributed by atoms with van der Waals surface area (Å²) in [6, 6.07) is 0. The number of carbonyl (C=O) groups is 2. The van der Waals surface area contributed by atoms with E-state index in [1.54, 1.807) is 0 Å². The van der Waals surface area contributed by atoms with Gasteiger partial charge in [-0.1, -0.05) is 67.7 Å². The van der Waals surface area contributed by atoms with Crippen LogP contribution in [0.15, 0.2) is 0 Å². The van der Waals surface area contributed by atoms with E-state index in [9.17, 15) is 14.7 Å². The first-order chi connectivity index (χ1) is 16.7. The summed E-state index contributed by atoms with van der Waals surface area (Å²) < 4.78 is 5.79. The molecule has 4 fully saturated rings. The molecule has 0 amide bonds. The van der Waals surface area contributed by atoms with Crippen LogP contribution in [-0.2, 0) is 14.3 Å². The highest BCUT2D eigenvalue weighted by Gasteiger charge is 2.71. The number of ether oxygens (including phenoxy) is 1. The number of fused-ring (bicyclic) bond motifs is 5. The van der Waals surface area contributed by atoms with Gasteiger partial charge in [-0.15, -0.1) is 0 Å². The van der Waals surface area contributed by atoms with Crippen LogP contribution in [-0.4, -0.2) is 29.6 Å². The molecule has 0 spiro atoms. The molecular formula is C32H54O4. The predicted molar refractivity (Wildman–Crippen MR) is 144 cm³/mol. The fraction of sp³-hybridized carbons (Fsp3) is 0.938. The molecule has 36 heavy (non-hydrogen) atoms. The molecule has 9 atom stereocenters. The van der Waals surface area contributed by atoms with Crippen molar-refractivity contribution in [3.8, 4) is 0 Å². The molecule has 4 aliphatic carbocycles. The molecule has 4 saturated carbocycles. The summed E-state index contributed by atoms with van der Waals surface area (Å²) in [5.74, 6) is 2.69. The molecule has 4 nitrogen and oxygen atoms in total. The Hall–Kier alpha value is -0.900. The average Bonchev–Trinajstić information content (AvgIpc) is 3.06. The minimum Gasteiger partial charge on any atom is -0.462 e. The monoisotopic (exact) mass is 502 g/mol. The summed E-state index contributed by atoms with van der Waals surface area (Å²) in [5, 5.41) is 11.0. The van der Waals surface area contributed by atoms with Crippen molar-refractivity contribution in [1.29, 1.82) is 0 Å². The third-order valence-electron chi connectivity index (χ3n) is 12.6. The molecule has 1 unspecified atom stereocenters. The molecule has 4 heteroatoms. The number of hydrogen-bond donors (Lipinski definition) is 1. The van der Waals surface area contributed by atoms with Gasteiger partial charge in [0.25, 0.3) is 0 Å². The van der Waals surface area contributed by atoms with Gasteiger partial charge in [-0.05, 0) is 78.9 Å². The first kappa shape index (κ1) is 28.1.